The molecule has 0 aliphatic rings. The molecule has 19 heavy (non-hydrogen) atoms. The Kier molecular flexibility index (Phi) is 3.62. The van der Waals surface area contributed by atoms with Crippen molar-refractivity contribution in [2.75, 3.05) is 5.32 Å². The molecule has 0 saturated carbocycles. The Bertz CT molecular complexity index is 746. The Labute approximate surface area is 114 Å². The first-order chi connectivity index (χ1) is 8.97. The number of benzene rings is 1. The largest absolute Gasteiger partial charge is 0.324 e. The summed E-state index contributed by atoms with van der Waals surface area (Å²) in [6.45, 7) is 3.57. The molecule has 2 aromatic rings. The van der Waals surface area contributed by atoms with E-state index in [1.165, 1.54) is 0 Å². The summed E-state index contributed by atoms with van der Waals surface area (Å²) in [4.78, 5) is 28.3. The number of aromatic nitrogens is 2. The number of anilines is 1. The van der Waals surface area contributed by atoms with Gasteiger partial charge in [-0.2, -0.15) is 0 Å². The van der Waals surface area contributed by atoms with E-state index in [9.17, 15) is 9.59 Å². The van der Waals surface area contributed by atoms with Gasteiger partial charge in [0.2, 0.25) is 0 Å². The molecule has 0 fully saturated rings. The molecule has 0 bridgehead atoms. The average molecular weight is 275 g/mol. The summed E-state index contributed by atoms with van der Waals surface area (Å²) < 4.78 is 0.131. The second-order valence-corrected chi connectivity index (χ2v) is 4.64. The lowest BCUT2D eigenvalue weighted by molar-refractivity contribution is 0.102. The van der Waals surface area contributed by atoms with Crippen LogP contribution in [0.2, 0.25) is 0 Å². The first kappa shape index (κ1) is 13.2. The monoisotopic (exact) mass is 275 g/mol. The van der Waals surface area contributed by atoms with Crippen LogP contribution in [0.1, 0.15) is 21.6 Å². The summed E-state index contributed by atoms with van der Waals surface area (Å²) >= 11 is 5.01. The minimum Gasteiger partial charge on any atom is -0.322 e. The number of aryl methyl sites for hydroxylation is 2. The second-order valence-electron chi connectivity index (χ2n) is 4.23. The summed E-state index contributed by atoms with van der Waals surface area (Å²) in [6, 6.07) is 7.43. The van der Waals surface area contributed by atoms with E-state index < -0.39 is 5.69 Å². The number of rotatable bonds is 2. The van der Waals surface area contributed by atoms with E-state index in [4.69, 9.17) is 12.2 Å². The first-order valence-electron chi connectivity index (χ1n) is 5.68. The molecule has 0 aliphatic carbocycles. The topological polar surface area (TPSA) is 77.8 Å². The van der Waals surface area contributed by atoms with Crippen LogP contribution in [0.4, 0.5) is 5.69 Å². The number of carbonyl (C=O) groups excluding carboxylic acids is 1. The van der Waals surface area contributed by atoms with Crippen molar-refractivity contribution in [3.8, 4) is 0 Å². The highest BCUT2D eigenvalue weighted by molar-refractivity contribution is 7.71. The lowest BCUT2D eigenvalue weighted by atomic mass is 10.2. The van der Waals surface area contributed by atoms with Gasteiger partial charge < -0.3 is 10.3 Å². The smallest absolute Gasteiger partial charge is 0.322 e. The fourth-order valence-electron chi connectivity index (χ4n) is 1.79. The maximum Gasteiger partial charge on any atom is 0.324 e. The van der Waals surface area contributed by atoms with Crippen LogP contribution < -0.4 is 11.0 Å². The van der Waals surface area contributed by atoms with Crippen LogP contribution in [0.15, 0.2) is 29.1 Å². The van der Waals surface area contributed by atoms with Gasteiger partial charge in [-0.1, -0.05) is 24.4 Å². The summed E-state index contributed by atoms with van der Waals surface area (Å²) in [5.74, 6) is -0.347. The third kappa shape index (κ3) is 2.97. The van der Waals surface area contributed by atoms with E-state index in [2.05, 4.69) is 15.3 Å². The molecule has 6 heteroatoms. The molecule has 0 spiro atoms. The first-order valence-corrected chi connectivity index (χ1v) is 6.09. The van der Waals surface area contributed by atoms with Crippen molar-refractivity contribution in [3.63, 3.8) is 0 Å². The molecule has 3 N–H and O–H groups in total. The minimum absolute atomic E-state index is 0.131. The molecule has 0 radical (unpaired) electrons. The van der Waals surface area contributed by atoms with E-state index in [0.29, 0.717) is 11.4 Å². The van der Waals surface area contributed by atoms with E-state index in [1.807, 2.05) is 25.1 Å². The van der Waals surface area contributed by atoms with Gasteiger partial charge >= 0.3 is 5.69 Å². The van der Waals surface area contributed by atoms with Crippen molar-refractivity contribution in [1.82, 2.24) is 9.97 Å². The Morgan fingerprint density at radius 2 is 2.00 bits per heavy atom. The number of hydrogen-bond donors (Lipinski definition) is 3. The molecule has 0 atom stereocenters. The van der Waals surface area contributed by atoms with Gasteiger partial charge in [0.05, 0.1) is 5.56 Å². The molecule has 1 aromatic carbocycles. The molecule has 0 saturated heterocycles. The Morgan fingerprint density at radius 1 is 1.26 bits per heavy atom. The van der Waals surface area contributed by atoms with Crippen LogP contribution in [-0.4, -0.2) is 15.9 Å². The number of amides is 1. The number of H-pyrrole nitrogens is 2. The standard InChI is InChI=1S/C13H13N3O2S/c1-7-4-3-5-9(6-7)15-11(17)10-8(2)14-13(18)16-12(10)19/h3-6H,1-2H3,(H,15,17)(H2,14,16,18,19). The van der Waals surface area contributed by atoms with Crippen LogP contribution in [0.3, 0.4) is 0 Å². The lowest BCUT2D eigenvalue weighted by Gasteiger charge is -2.08. The van der Waals surface area contributed by atoms with Crippen LogP contribution >= 0.6 is 12.2 Å². The van der Waals surface area contributed by atoms with Gasteiger partial charge in [-0.25, -0.2) is 4.79 Å². The maximum absolute atomic E-state index is 12.2. The lowest BCUT2D eigenvalue weighted by Crippen LogP contribution is -2.21. The Balaban J connectivity index is 2.36. The molecule has 2 rings (SSSR count). The van der Waals surface area contributed by atoms with E-state index in [1.54, 1.807) is 13.0 Å². The van der Waals surface area contributed by atoms with Gasteiger partial charge in [-0.3, -0.25) is 9.78 Å². The summed E-state index contributed by atoms with van der Waals surface area (Å²) in [5.41, 5.74) is 2.02. The fourth-order valence-corrected chi connectivity index (χ4v) is 2.13. The predicted molar refractivity (Wildman–Crippen MR) is 76.1 cm³/mol. The molecule has 0 aliphatic heterocycles. The number of aromatic amines is 2. The van der Waals surface area contributed by atoms with Crippen molar-refractivity contribution in [3.05, 3.63) is 56.2 Å². The van der Waals surface area contributed by atoms with Crippen molar-refractivity contribution >= 4 is 23.8 Å². The van der Waals surface area contributed by atoms with Crippen LogP contribution in [0.5, 0.6) is 0 Å². The Hall–Kier alpha value is -2.21. The van der Waals surface area contributed by atoms with Crippen LogP contribution in [0.25, 0.3) is 0 Å². The van der Waals surface area contributed by atoms with Gasteiger partial charge in [0.15, 0.2) is 0 Å². The predicted octanol–water partition coefficient (Wildman–Crippen LogP) is 2.30. The molecular formula is C13H13N3O2S. The zero-order chi connectivity index (χ0) is 14.0. The Morgan fingerprint density at radius 3 is 2.63 bits per heavy atom. The van der Waals surface area contributed by atoms with Gasteiger partial charge in [0.25, 0.3) is 5.91 Å². The third-order valence-corrected chi connectivity index (χ3v) is 2.94. The van der Waals surface area contributed by atoms with Gasteiger partial charge in [-0.05, 0) is 31.5 Å². The van der Waals surface area contributed by atoms with E-state index in [-0.39, 0.29) is 16.1 Å². The summed E-state index contributed by atoms with van der Waals surface area (Å²) in [7, 11) is 0. The van der Waals surface area contributed by atoms with Gasteiger partial charge in [0, 0.05) is 11.4 Å². The van der Waals surface area contributed by atoms with Crippen molar-refractivity contribution in [1.29, 1.82) is 0 Å². The normalized spacial score (nSPS) is 10.2. The average Bonchev–Trinajstić information content (AvgIpc) is 2.27. The number of carbonyl (C=O) groups is 1. The molecule has 5 nitrogen and oxygen atoms in total. The van der Waals surface area contributed by atoms with Gasteiger partial charge in [0.1, 0.15) is 4.64 Å². The zero-order valence-corrected chi connectivity index (χ0v) is 11.4. The van der Waals surface area contributed by atoms with Crippen molar-refractivity contribution < 1.29 is 4.79 Å². The molecule has 1 amide bonds. The van der Waals surface area contributed by atoms with E-state index >= 15 is 0 Å². The van der Waals surface area contributed by atoms with E-state index in [0.717, 1.165) is 5.56 Å². The highest BCUT2D eigenvalue weighted by Crippen LogP contribution is 2.12. The molecule has 1 heterocycles. The summed E-state index contributed by atoms with van der Waals surface area (Å²) in [5, 5.41) is 2.75. The van der Waals surface area contributed by atoms with Crippen LogP contribution in [0, 0.1) is 18.5 Å². The fraction of sp³-hybridized carbons (Fsp3) is 0.154. The third-order valence-electron chi connectivity index (χ3n) is 2.63. The van der Waals surface area contributed by atoms with Gasteiger partial charge in [-0.15, -0.1) is 0 Å². The van der Waals surface area contributed by atoms with Crippen molar-refractivity contribution in [2.24, 2.45) is 0 Å². The SMILES string of the molecule is Cc1cccc(NC(=O)c2c(C)[nH]c(=O)[nH]c2=S)c1. The van der Waals surface area contributed by atoms with Crippen LogP contribution in [-0.2, 0) is 0 Å². The molecular weight excluding hydrogens is 262 g/mol. The highest BCUT2D eigenvalue weighted by Gasteiger charge is 2.12. The second kappa shape index (κ2) is 5.19. The quantitative estimate of drug-likeness (QED) is 0.736. The highest BCUT2D eigenvalue weighted by atomic mass is 32.1. The number of nitrogens with one attached hydrogen (secondary N) is 3. The maximum atomic E-state index is 12.2. The summed E-state index contributed by atoms with van der Waals surface area (Å²) in [6.07, 6.45) is 0. The molecule has 0 unspecified atom stereocenters. The zero-order valence-electron chi connectivity index (χ0n) is 10.5. The minimum atomic E-state index is -0.422. The number of hydrogen-bond acceptors (Lipinski definition) is 3. The molecule has 98 valence electrons. The molecule has 1 aromatic heterocycles. The van der Waals surface area contributed by atoms with Crippen molar-refractivity contribution in [2.45, 2.75) is 13.8 Å².